The lowest BCUT2D eigenvalue weighted by Gasteiger charge is -2.01. The third-order valence-corrected chi connectivity index (χ3v) is 3.15. The molecule has 16 heavy (non-hydrogen) atoms. The Morgan fingerprint density at radius 3 is 1.69 bits per heavy atom. The molecule has 0 fully saturated rings. The molecule has 1 unspecified atom stereocenters. The minimum atomic E-state index is -1.03. The number of benzene rings is 1. The average Bonchev–Trinajstić information content (AvgIpc) is 2.38. The lowest BCUT2D eigenvalue weighted by Crippen LogP contribution is -1.93. The second-order valence-corrected chi connectivity index (χ2v) is 5.16. The van der Waals surface area contributed by atoms with Crippen LogP contribution in [-0.4, -0.2) is 9.11 Å². The summed E-state index contributed by atoms with van der Waals surface area (Å²) in [7, 11) is 0. The zero-order chi connectivity index (χ0) is 12.4. The van der Waals surface area contributed by atoms with Gasteiger partial charge in [0.15, 0.2) is 4.90 Å². The van der Waals surface area contributed by atoms with E-state index in [9.17, 15) is 9.11 Å². The fourth-order valence-corrected chi connectivity index (χ4v) is 1.47. The van der Waals surface area contributed by atoms with Gasteiger partial charge in [0.25, 0.3) is 0 Å². The summed E-state index contributed by atoms with van der Waals surface area (Å²) in [5.41, 5.74) is 0. The van der Waals surface area contributed by atoms with Crippen molar-refractivity contribution in [3.05, 3.63) is 66.3 Å². The highest BCUT2D eigenvalue weighted by Crippen LogP contribution is 2.09. The zero-order valence-corrected chi connectivity index (χ0v) is 10.5. The molecule has 0 saturated heterocycles. The highest BCUT2D eigenvalue weighted by molar-refractivity contribution is 7.97. The number of hydrogen-bond acceptors (Lipinski definition) is 2. The molecular weight excluding hydrogens is 240 g/mol. The Morgan fingerprint density at radius 1 is 0.875 bits per heavy atom. The Bertz CT molecular complexity index is 317. The lowest BCUT2D eigenvalue weighted by molar-refractivity contribution is 0.603. The molecule has 1 aromatic rings. The summed E-state index contributed by atoms with van der Waals surface area (Å²) in [6.07, 6.45) is 0. The summed E-state index contributed by atoms with van der Waals surface area (Å²) in [5, 5.41) is 4.08. The molecule has 1 aromatic carbocycles. The zero-order valence-electron chi connectivity index (χ0n) is 8.87. The summed E-state index contributed by atoms with van der Waals surface area (Å²) in [5.74, 6) is 0. The summed E-state index contributed by atoms with van der Waals surface area (Å²) >= 11 is -2.03. The highest BCUT2D eigenvalue weighted by Gasteiger charge is 2.02. The molecule has 0 aliphatic rings. The van der Waals surface area contributed by atoms with Gasteiger partial charge in [0.1, 0.15) is 16.2 Å². The van der Waals surface area contributed by atoms with E-state index in [2.05, 4.69) is 19.7 Å². The summed E-state index contributed by atoms with van der Waals surface area (Å²) < 4.78 is 21.1. The molecule has 1 atom stereocenters. The van der Waals surface area contributed by atoms with Gasteiger partial charge in [-0.1, -0.05) is 37.9 Å². The predicted molar refractivity (Wildman–Crippen MR) is 71.6 cm³/mol. The lowest BCUT2D eigenvalue weighted by atomic mass is 10.4. The molecule has 0 aliphatic carbocycles. The van der Waals surface area contributed by atoms with Crippen LogP contribution in [0.3, 0.4) is 0 Å². The first-order valence-electron chi connectivity index (χ1n) is 4.38. The molecular formula is C12H14O2S2. The fraction of sp³-hybridized carbons (Fsp3) is 0. The minimum Gasteiger partial charge on any atom is -0.607 e. The molecule has 1 rings (SSSR count). The van der Waals surface area contributed by atoms with Gasteiger partial charge in [-0.25, -0.2) is 0 Å². The Hall–Kier alpha value is -0.940. The van der Waals surface area contributed by atoms with E-state index in [0.717, 1.165) is 4.90 Å². The Kier molecular flexibility index (Phi) is 8.75. The van der Waals surface area contributed by atoms with Gasteiger partial charge in [-0.05, 0) is 12.1 Å². The first-order valence-corrected chi connectivity index (χ1v) is 6.87. The third-order valence-electron chi connectivity index (χ3n) is 1.46. The summed E-state index contributed by atoms with van der Waals surface area (Å²) in [6, 6.07) is 9.24. The molecule has 0 radical (unpaired) electrons. The van der Waals surface area contributed by atoms with Crippen molar-refractivity contribution in [2.75, 3.05) is 0 Å². The molecule has 0 amide bonds. The van der Waals surface area contributed by atoms with Crippen molar-refractivity contribution < 1.29 is 9.11 Å². The van der Waals surface area contributed by atoms with Gasteiger partial charge < -0.3 is 9.11 Å². The maximum absolute atomic E-state index is 11.0. The molecule has 0 heterocycles. The average molecular weight is 254 g/mol. The fourth-order valence-electron chi connectivity index (χ4n) is 0.719. The maximum Gasteiger partial charge on any atom is 0.157 e. The van der Waals surface area contributed by atoms with Crippen LogP contribution in [0.15, 0.2) is 71.2 Å². The quantitative estimate of drug-likeness (QED) is 0.775. The van der Waals surface area contributed by atoms with Gasteiger partial charge in [0.05, 0.1) is 0 Å². The second-order valence-electron chi connectivity index (χ2n) is 2.44. The standard InChI is InChI=1S/C8H8OS.C4H6OS/c1-2-10(9)8-6-4-3-5-7-8;1-3-6(5)4-2/h2-7H,1H2;3-4H,1-2H2. The van der Waals surface area contributed by atoms with Gasteiger partial charge in [-0.2, -0.15) is 0 Å². The predicted octanol–water partition coefficient (Wildman–Crippen LogP) is 2.96. The second kappa shape index (κ2) is 9.30. The van der Waals surface area contributed by atoms with E-state index in [-0.39, 0.29) is 0 Å². The van der Waals surface area contributed by atoms with Crippen LogP contribution in [0.1, 0.15) is 0 Å². The van der Waals surface area contributed by atoms with Crippen molar-refractivity contribution in [3.8, 4) is 0 Å². The van der Waals surface area contributed by atoms with Gasteiger partial charge >= 0.3 is 0 Å². The molecule has 0 bridgehead atoms. The van der Waals surface area contributed by atoms with Gasteiger partial charge in [-0.3, -0.25) is 0 Å². The van der Waals surface area contributed by atoms with E-state index < -0.39 is 22.4 Å². The molecule has 0 N–H and O–H groups in total. The van der Waals surface area contributed by atoms with E-state index in [4.69, 9.17) is 0 Å². The largest absolute Gasteiger partial charge is 0.607 e. The minimum absolute atomic E-state index is 0.803. The van der Waals surface area contributed by atoms with Crippen LogP contribution in [0, 0.1) is 0 Å². The van der Waals surface area contributed by atoms with Crippen molar-refractivity contribution >= 4 is 22.4 Å². The van der Waals surface area contributed by atoms with Crippen LogP contribution in [0.5, 0.6) is 0 Å². The summed E-state index contributed by atoms with van der Waals surface area (Å²) in [6.45, 7) is 9.96. The molecule has 0 spiro atoms. The van der Waals surface area contributed by atoms with Crippen molar-refractivity contribution in [2.24, 2.45) is 0 Å². The van der Waals surface area contributed by atoms with Crippen molar-refractivity contribution in [1.82, 2.24) is 0 Å². The molecule has 86 valence electrons. The monoisotopic (exact) mass is 254 g/mol. The van der Waals surface area contributed by atoms with Crippen LogP contribution in [0.4, 0.5) is 0 Å². The first kappa shape index (κ1) is 15.1. The van der Waals surface area contributed by atoms with Crippen LogP contribution in [0.2, 0.25) is 0 Å². The Labute approximate surface area is 103 Å². The number of hydrogen-bond donors (Lipinski definition) is 0. The Balaban J connectivity index is 0.000000325. The van der Waals surface area contributed by atoms with Gasteiger partial charge in [-0.15, -0.1) is 0 Å². The van der Waals surface area contributed by atoms with Crippen molar-refractivity contribution in [3.63, 3.8) is 0 Å². The van der Waals surface area contributed by atoms with Crippen LogP contribution in [0.25, 0.3) is 0 Å². The molecule has 4 heteroatoms. The van der Waals surface area contributed by atoms with E-state index >= 15 is 0 Å². The molecule has 2 nitrogen and oxygen atoms in total. The first-order chi connectivity index (χ1) is 7.65. The number of rotatable bonds is 4. The van der Waals surface area contributed by atoms with Crippen molar-refractivity contribution in [2.45, 2.75) is 4.90 Å². The highest BCUT2D eigenvalue weighted by atomic mass is 32.2. The van der Waals surface area contributed by atoms with E-state index in [1.807, 2.05) is 30.3 Å². The molecule has 0 aromatic heterocycles. The third kappa shape index (κ3) is 6.53. The van der Waals surface area contributed by atoms with Crippen molar-refractivity contribution in [1.29, 1.82) is 0 Å². The van der Waals surface area contributed by atoms with E-state index in [0.29, 0.717) is 0 Å². The smallest absolute Gasteiger partial charge is 0.157 e. The SMILES string of the molecule is C=C[S+]([O-])C=C.C=C[S+]([O-])c1ccccc1. The van der Waals surface area contributed by atoms with E-state index in [1.54, 1.807) is 0 Å². The van der Waals surface area contributed by atoms with Crippen LogP contribution >= 0.6 is 0 Å². The van der Waals surface area contributed by atoms with Gasteiger partial charge in [0, 0.05) is 22.4 Å². The molecule has 0 saturated carbocycles. The Morgan fingerprint density at radius 2 is 1.38 bits per heavy atom. The van der Waals surface area contributed by atoms with E-state index in [1.165, 1.54) is 16.2 Å². The molecule has 0 aliphatic heterocycles. The van der Waals surface area contributed by atoms with Gasteiger partial charge in [0.2, 0.25) is 0 Å². The normalized spacial score (nSPS) is 10.9. The van der Waals surface area contributed by atoms with Crippen LogP contribution in [-0.2, 0) is 22.4 Å². The topological polar surface area (TPSA) is 46.1 Å². The maximum atomic E-state index is 11.0. The summed E-state index contributed by atoms with van der Waals surface area (Å²) in [4.78, 5) is 0.803. The van der Waals surface area contributed by atoms with Crippen LogP contribution < -0.4 is 0 Å².